The Labute approximate surface area is 103 Å². The molecule has 0 aromatic heterocycles. The van der Waals surface area contributed by atoms with Crippen LogP contribution < -0.4 is 0 Å². The first kappa shape index (κ1) is 14.4. The predicted molar refractivity (Wildman–Crippen MR) is 64.7 cm³/mol. The molecule has 0 radical (unpaired) electrons. The molecule has 0 aromatic carbocycles. The third-order valence-corrected chi connectivity index (χ3v) is 5.51. The summed E-state index contributed by atoms with van der Waals surface area (Å²) in [4.78, 5) is 0. The van der Waals surface area contributed by atoms with Crippen LogP contribution in [-0.2, 0) is 10.0 Å². The highest BCUT2D eigenvalue weighted by Crippen LogP contribution is 2.29. The fourth-order valence-electron chi connectivity index (χ4n) is 1.95. The van der Waals surface area contributed by atoms with Gasteiger partial charge in [-0.15, -0.1) is 0 Å². The molecule has 1 aliphatic rings. The molecule has 1 saturated carbocycles. The van der Waals surface area contributed by atoms with E-state index in [-0.39, 0.29) is 12.6 Å². The molecule has 1 unspecified atom stereocenters. The quantitative estimate of drug-likeness (QED) is 0.736. The maximum atomic E-state index is 12.3. The van der Waals surface area contributed by atoms with Gasteiger partial charge in [-0.2, -0.15) is 9.57 Å². The van der Waals surface area contributed by atoms with Gasteiger partial charge in [0, 0.05) is 19.2 Å². The van der Waals surface area contributed by atoms with Gasteiger partial charge in [-0.3, -0.25) is 0 Å². The predicted octanol–water partition coefficient (Wildman–Crippen LogP) is 0.855. The van der Waals surface area contributed by atoms with Crippen molar-refractivity contribution in [1.82, 2.24) is 4.31 Å². The topological polar surface area (TPSA) is 81.4 Å². The van der Waals surface area contributed by atoms with Crippen LogP contribution in [0.2, 0.25) is 0 Å². The average Bonchev–Trinajstić information content (AvgIpc) is 2.22. The van der Waals surface area contributed by atoms with Gasteiger partial charge in [0.2, 0.25) is 10.0 Å². The number of nitriles is 1. The number of rotatable bonds is 7. The Bertz CT molecular complexity index is 371. The van der Waals surface area contributed by atoms with E-state index in [4.69, 9.17) is 10.4 Å². The second-order valence-corrected chi connectivity index (χ2v) is 6.41. The minimum absolute atomic E-state index is 0.0257. The van der Waals surface area contributed by atoms with Crippen molar-refractivity contribution in [1.29, 1.82) is 5.26 Å². The van der Waals surface area contributed by atoms with E-state index in [0.717, 1.165) is 19.3 Å². The van der Waals surface area contributed by atoms with E-state index >= 15 is 0 Å². The Kier molecular flexibility index (Phi) is 5.37. The number of sulfonamides is 1. The van der Waals surface area contributed by atoms with E-state index in [1.165, 1.54) is 4.31 Å². The largest absolute Gasteiger partial charge is 0.396 e. The Hall–Kier alpha value is -0.640. The van der Waals surface area contributed by atoms with Crippen molar-refractivity contribution in [2.45, 2.75) is 50.3 Å². The fourth-order valence-corrected chi connectivity index (χ4v) is 3.84. The van der Waals surface area contributed by atoms with E-state index in [0.29, 0.717) is 19.4 Å². The van der Waals surface area contributed by atoms with Crippen LogP contribution in [0.25, 0.3) is 0 Å². The highest BCUT2D eigenvalue weighted by atomic mass is 32.2. The van der Waals surface area contributed by atoms with E-state index in [9.17, 15) is 8.42 Å². The highest BCUT2D eigenvalue weighted by molar-refractivity contribution is 7.90. The first-order valence-corrected chi connectivity index (χ1v) is 7.59. The minimum Gasteiger partial charge on any atom is -0.396 e. The van der Waals surface area contributed by atoms with Crippen molar-refractivity contribution in [3.8, 4) is 6.07 Å². The van der Waals surface area contributed by atoms with Crippen LogP contribution >= 0.6 is 0 Å². The first-order valence-electron chi connectivity index (χ1n) is 6.09. The summed E-state index contributed by atoms with van der Waals surface area (Å²) in [6, 6.07) is 1.90. The van der Waals surface area contributed by atoms with Crippen molar-refractivity contribution in [3.05, 3.63) is 0 Å². The molecule has 5 nitrogen and oxygen atoms in total. The molecule has 1 aliphatic carbocycles. The molecule has 6 heteroatoms. The van der Waals surface area contributed by atoms with Crippen molar-refractivity contribution < 1.29 is 13.5 Å². The average molecular weight is 260 g/mol. The second-order valence-electron chi connectivity index (χ2n) is 4.34. The van der Waals surface area contributed by atoms with Gasteiger partial charge in [0.25, 0.3) is 0 Å². The summed E-state index contributed by atoms with van der Waals surface area (Å²) in [5.74, 6) is 0. The molecule has 0 aliphatic heterocycles. The monoisotopic (exact) mass is 260 g/mol. The summed E-state index contributed by atoms with van der Waals surface area (Å²) in [7, 11) is -3.53. The number of aliphatic hydroxyl groups excluding tert-OH is 1. The van der Waals surface area contributed by atoms with Crippen molar-refractivity contribution in [3.63, 3.8) is 0 Å². The van der Waals surface area contributed by atoms with Crippen LogP contribution in [0.4, 0.5) is 0 Å². The molecule has 98 valence electrons. The Morgan fingerprint density at radius 3 is 2.53 bits per heavy atom. The molecule has 0 bridgehead atoms. The van der Waals surface area contributed by atoms with Gasteiger partial charge in [-0.05, 0) is 25.7 Å². The molecule has 0 heterocycles. The van der Waals surface area contributed by atoms with Crippen molar-refractivity contribution in [2.75, 3.05) is 13.2 Å². The lowest BCUT2D eigenvalue weighted by atomic mass is 9.93. The molecule has 1 N–H and O–H groups in total. The molecular weight excluding hydrogens is 240 g/mol. The third kappa shape index (κ3) is 3.18. The smallest absolute Gasteiger partial charge is 0.230 e. The molecule has 0 amide bonds. The van der Waals surface area contributed by atoms with Crippen LogP contribution in [-0.4, -0.2) is 42.3 Å². The van der Waals surface area contributed by atoms with Gasteiger partial charge >= 0.3 is 0 Å². The summed E-state index contributed by atoms with van der Waals surface area (Å²) in [6.07, 6.45) is 3.51. The lowest BCUT2D eigenvalue weighted by Gasteiger charge is -2.37. The molecular formula is C11H20N2O3S. The summed E-state index contributed by atoms with van der Waals surface area (Å²) in [5.41, 5.74) is 0. The Balaban J connectivity index is 2.84. The van der Waals surface area contributed by atoms with Crippen LogP contribution in [0.3, 0.4) is 0 Å². The van der Waals surface area contributed by atoms with Crippen molar-refractivity contribution in [2.24, 2.45) is 0 Å². The molecule has 0 spiro atoms. The molecule has 17 heavy (non-hydrogen) atoms. The van der Waals surface area contributed by atoms with E-state index in [1.807, 2.05) is 6.07 Å². The van der Waals surface area contributed by atoms with Crippen molar-refractivity contribution >= 4 is 10.0 Å². The Morgan fingerprint density at radius 1 is 1.53 bits per heavy atom. The highest BCUT2D eigenvalue weighted by Gasteiger charge is 2.37. The van der Waals surface area contributed by atoms with Crippen LogP contribution in [0, 0.1) is 11.3 Å². The maximum absolute atomic E-state index is 12.3. The standard InChI is InChI=1S/C11H20N2O3S/c1-2-11(9-12)17(15,16)13(7-4-8-14)10-5-3-6-10/h10-11,14H,2-8H2,1H3. The fraction of sp³-hybridized carbons (Fsp3) is 0.909. The summed E-state index contributed by atoms with van der Waals surface area (Å²) < 4.78 is 25.9. The van der Waals surface area contributed by atoms with Gasteiger partial charge in [0.1, 0.15) is 0 Å². The lowest BCUT2D eigenvalue weighted by Crippen LogP contribution is -2.48. The van der Waals surface area contributed by atoms with E-state index in [1.54, 1.807) is 6.92 Å². The first-order chi connectivity index (χ1) is 8.07. The van der Waals surface area contributed by atoms with Gasteiger partial charge in [0.05, 0.1) is 6.07 Å². The number of hydrogen-bond donors (Lipinski definition) is 1. The minimum atomic E-state index is -3.53. The SMILES string of the molecule is CCC(C#N)S(=O)(=O)N(CCCO)C1CCC1. The van der Waals surface area contributed by atoms with Gasteiger partial charge in [-0.25, -0.2) is 8.42 Å². The molecule has 1 fully saturated rings. The number of nitrogens with zero attached hydrogens (tertiary/aromatic N) is 2. The van der Waals surface area contributed by atoms with E-state index < -0.39 is 15.3 Å². The molecule has 1 rings (SSSR count). The zero-order valence-electron chi connectivity index (χ0n) is 10.2. The second kappa shape index (κ2) is 6.34. The Morgan fingerprint density at radius 2 is 2.18 bits per heavy atom. The van der Waals surface area contributed by atoms with Crippen LogP contribution in [0.15, 0.2) is 0 Å². The molecule has 0 aromatic rings. The zero-order chi connectivity index (χ0) is 12.9. The van der Waals surface area contributed by atoms with E-state index in [2.05, 4.69) is 0 Å². The van der Waals surface area contributed by atoms with Crippen LogP contribution in [0.5, 0.6) is 0 Å². The van der Waals surface area contributed by atoms with Gasteiger partial charge in [-0.1, -0.05) is 13.3 Å². The molecule has 1 atom stereocenters. The molecule has 0 saturated heterocycles. The van der Waals surface area contributed by atoms with Gasteiger partial charge < -0.3 is 5.11 Å². The maximum Gasteiger partial charge on any atom is 0.230 e. The number of hydrogen-bond acceptors (Lipinski definition) is 4. The van der Waals surface area contributed by atoms with Gasteiger partial charge in [0.15, 0.2) is 5.25 Å². The normalized spacial score (nSPS) is 18.7. The lowest BCUT2D eigenvalue weighted by molar-refractivity contribution is 0.197. The summed E-state index contributed by atoms with van der Waals surface area (Å²) in [5, 5.41) is 16.8. The number of aliphatic hydroxyl groups is 1. The summed E-state index contributed by atoms with van der Waals surface area (Å²) in [6.45, 7) is 2.00. The van der Waals surface area contributed by atoms with Crippen LogP contribution in [0.1, 0.15) is 39.0 Å². The summed E-state index contributed by atoms with van der Waals surface area (Å²) >= 11 is 0. The third-order valence-electron chi connectivity index (χ3n) is 3.22. The zero-order valence-corrected chi connectivity index (χ0v) is 11.0.